The predicted molar refractivity (Wildman–Crippen MR) is 57.9 cm³/mol. The van der Waals surface area contributed by atoms with Gasteiger partial charge in [0.05, 0.1) is 12.0 Å². The molecule has 0 N–H and O–H groups in total. The number of methoxy groups -OCH3 is 1. The lowest BCUT2D eigenvalue weighted by Crippen LogP contribution is -2.37. The van der Waals surface area contributed by atoms with Gasteiger partial charge in [-0.25, -0.2) is 0 Å². The molecule has 0 bridgehead atoms. The van der Waals surface area contributed by atoms with E-state index < -0.39 is 5.41 Å². The van der Waals surface area contributed by atoms with Crippen molar-refractivity contribution in [3.05, 3.63) is 0 Å². The SMILES string of the molecule is CCC(=O)OCC(CC)(COC)COC=O. The van der Waals surface area contributed by atoms with Gasteiger partial charge >= 0.3 is 5.97 Å². The van der Waals surface area contributed by atoms with E-state index in [0.717, 1.165) is 0 Å². The van der Waals surface area contributed by atoms with E-state index in [2.05, 4.69) is 0 Å². The number of esters is 1. The Bertz CT molecular complexity index is 216. The lowest BCUT2D eigenvalue weighted by Gasteiger charge is -2.30. The van der Waals surface area contributed by atoms with Crippen LogP contribution in [0.25, 0.3) is 0 Å². The van der Waals surface area contributed by atoms with E-state index in [4.69, 9.17) is 14.2 Å². The second kappa shape index (κ2) is 8.10. The summed E-state index contributed by atoms with van der Waals surface area (Å²) in [4.78, 5) is 21.3. The topological polar surface area (TPSA) is 61.8 Å². The molecule has 0 amide bonds. The van der Waals surface area contributed by atoms with Gasteiger partial charge in [-0.1, -0.05) is 13.8 Å². The Kier molecular flexibility index (Phi) is 7.54. The fourth-order valence-corrected chi connectivity index (χ4v) is 1.28. The monoisotopic (exact) mass is 232 g/mol. The minimum atomic E-state index is -0.444. The zero-order chi connectivity index (χ0) is 12.4. The van der Waals surface area contributed by atoms with Crippen LogP contribution in [-0.2, 0) is 23.8 Å². The minimum absolute atomic E-state index is 0.192. The maximum Gasteiger partial charge on any atom is 0.305 e. The second-order valence-electron chi connectivity index (χ2n) is 3.71. The highest BCUT2D eigenvalue weighted by Crippen LogP contribution is 2.23. The molecule has 0 aliphatic carbocycles. The van der Waals surface area contributed by atoms with Crippen LogP contribution in [0.4, 0.5) is 0 Å². The number of ether oxygens (including phenoxy) is 3. The molecular formula is C11H20O5. The van der Waals surface area contributed by atoms with E-state index in [1.54, 1.807) is 14.0 Å². The van der Waals surface area contributed by atoms with Gasteiger partial charge in [-0.05, 0) is 6.42 Å². The van der Waals surface area contributed by atoms with Crippen LogP contribution >= 0.6 is 0 Å². The normalized spacial score (nSPS) is 13.9. The Balaban J connectivity index is 4.35. The quantitative estimate of drug-likeness (QED) is 0.441. The summed E-state index contributed by atoms with van der Waals surface area (Å²) in [5.41, 5.74) is -0.444. The Morgan fingerprint density at radius 3 is 2.38 bits per heavy atom. The molecule has 0 fully saturated rings. The van der Waals surface area contributed by atoms with Crippen LogP contribution in [0.1, 0.15) is 26.7 Å². The van der Waals surface area contributed by atoms with Crippen molar-refractivity contribution in [3.63, 3.8) is 0 Å². The van der Waals surface area contributed by atoms with Gasteiger partial charge in [-0.3, -0.25) is 9.59 Å². The summed E-state index contributed by atoms with van der Waals surface area (Å²) in [6.45, 7) is 4.84. The molecule has 0 radical (unpaired) electrons. The van der Waals surface area contributed by atoms with Gasteiger partial charge in [0.25, 0.3) is 6.47 Å². The molecule has 5 nitrogen and oxygen atoms in total. The predicted octanol–water partition coefficient (Wildman–Crippen LogP) is 1.16. The maximum atomic E-state index is 11.1. The van der Waals surface area contributed by atoms with E-state index in [9.17, 15) is 9.59 Å². The molecule has 0 saturated carbocycles. The highest BCUT2D eigenvalue weighted by molar-refractivity contribution is 5.68. The third-order valence-electron chi connectivity index (χ3n) is 2.49. The molecule has 1 unspecified atom stereocenters. The molecule has 5 heteroatoms. The highest BCUT2D eigenvalue weighted by atomic mass is 16.5. The number of hydrogen-bond donors (Lipinski definition) is 0. The summed E-state index contributed by atoms with van der Waals surface area (Å²) < 4.78 is 14.9. The largest absolute Gasteiger partial charge is 0.467 e. The third kappa shape index (κ3) is 5.11. The summed E-state index contributed by atoms with van der Waals surface area (Å²) in [6, 6.07) is 0. The lowest BCUT2D eigenvalue weighted by atomic mass is 9.88. The van der Waals surface area contributed by atoms with Crippen molar-refractivity contribution >= 4 is 12.4 Å². The van der Waals surface area contributed by atoms with E-state index in [1.807, 2.05) is 6.92 Å². The molecule has 1 atom stereocenters. The summed E-state index contributed by atoms with van der Waals surface area (Å²) in [5.74, 6) is -0.264. The van der Waals surface area contributed by atoms with Crippen LogP contribution in [0, 0.1) is 5.41 Å². The zero-order valence-corrected chi connectivity index (χ0v) is 10.2. The third-order valence-corrected chi connectivity index (χ3v) is 2.49. The van der Waals surface area contributed by atoms with Gasteiger partial charge in [-0.15, -0.1) is 0 Å². The Labute approximate surface area is 96.1 Å². The first kappa shape index (κ1) is 14.9. The van der Waals surface area contributed by atoms with Crippen LogP contribution in [0.2, 0.25) is 0 Å². The zero-order valence-electron chi connectivity index (χ0n) is 10.2. The van der Waals surface area contributed by atoms with Crippen molar-refractivity contribution in [1.29, 1.82) is 0 Å². The van der Waals surface area contributed by atoms with Crippen molar-refractivity contribution < 1.29 is 23.8 Å². The molecule has 0 aromatic rings. The first-order valence-corrected chi connectivity index (χ1v) is 5.34. The molecule has 0 heterocycles. The number of hydrogen-bond acceptors (Lipinski definition) is 5. The number of carbonyl (C=O) groups is 2. The van der Waals surface area contributed by atoms with Gasteiger partial charge in [0, 0.05) is 13.5 Å². The summed E-state index contributed by atoms with van der Waals surface area (Å²) in [6.07, 6.45) is 1.03. The molecule has 0 aliphatic heterocycles. The van der Waals surface area contributed by atoms with Gasteiger partial charge in [0.1, 0.15) is 13.2 Å². The van der Waals surface area contributed by atoms with Crippen molar-refractivity contribution in [2.75, 3.05) is 26.9 Å². The Morgan fingerprint density at radius 1 is 1.25 bits per heavy atom. The lowest BCUT2D eigenvalue weighted by molar-refractivity contribution is -0.152. The van der Waals surface area contributed by atoms with E-state index in [1.165, 1.54) is 0 Å². The maximum absolute atomic E-state index is 11.1. The smallest absolute Gasteiger partial charge is 0.305 e. The molecular weight excluding hydrogens is 212 g/mol. The summed E-state index contributed by atoms with van der Waals surface area (Å²) in [7, 11) is 1.56. The van der Waals surface area contributed by atoms with Crippen molar-refractivity contribution in [3.8, 4) is 0 Å². The van der Waals surface area contributed by atoms with E-state index in [0.29, 0.717) is 25.9 Å². The molecule has 0 saturated heterocycles. The van der Waals surface area contributed by atoms with Crippen molar-refractivity contribution in [2.45, 2.75) is 26.7 Å². The number of rotatable bonds is 9. The van der Waals surface area contributed by atoms with Crippen molar-refractivity contribution in [2.24, 2.45) is 5.41 Å². The summed E-state index contributed by atoms with van der Waals surface area (Å²) in [5, 5.41) is 0. The standard InChI is InChI=1S/C11H20O5/c1-4-10(13)16-8-11(5-2,6-14-3)7-15-9-12/h9H,4-8H2,1-3H3. The van der Waals surface area contributed by atoms with E-state index >= 15 is 0 Å². The average molecular weight is 232 g/mol. The molecule has 0 aliphatic rings. The fourth-order valence-electron chi connectivity index (χ4n) is 1.28. The van der Waals surface area contributed by atoms with Gasteiger partial charge in [0.15, 0.2) is 0 Å². The summed E-state index contributed by atoms with van der Waals surface area (Å²) >= 11 is 0. The van der Waals surface area contributed by atoms with Crippen LogP contribution in [0.15, 0.2) is 0 Å². The van der Waals surface area contributed by atoms with Crippen LogP contribution < -0.4 is 0 Å². The highest BCUT2D eigenvalue weighted by Gasteiger charge is 2.31. The first-order chi connectivity index (χ1) is 7.64. The Hall–Kier alpha value is -1.10. The van der Waals surface area contributed by atoms with Crippen LogP contribution in [-0.4, -0.2) is 39.4 Å². The molecule has 0 aromatic carbocycles. The average Bonchev–Trinajstić information content (AvgIpc) is 2.32. The fraction of sp³-hybridized carbons (Fsp3) is 0.818. The van der Waals surface area contributed by atoms with Gasteiger partial charge < -0.3 is 14.2 Å². The van der Waals surface area contributed by atoms with Gasteiger partial charge in [-0.2, -0.15) is 0 Å². The number of carbonyl (C=O) groups excluding carboxylic acids is 2. The van der Waals surface area contributed by atoms with Gasteiger partial charge in [0.2, 0.25) is 0 Å². The van der Waals surface area contributed by atoms with Crippen molar-refractivity contribution in [1.82, 2.24) is 0 Å². The van der Waals surface area contributed by atoms with E-state index in [-0.39, 0.29) is 19.2 Å². The molecule has 0 aromatic heterocycles. The van der Waals surface area contributed by atoms with Crippen LogP contribution in [0.5, 0.6) is 0 Å². The molecule has 94 valence electrons. The first-order valence-electron chi connectivity index (χ1n) is 5.34. The Morgan fingerprint density at radius 2 is 1.94 bits per heavy atom. The second-order valence-corrected chi connectivity index (χ2v) is 3.71. The van der Waals surface area contributed by atoms with Crippen LogP contribution in [0.3, 0.4) is 0 Å². The molecule has 0 spiro atoms. The molecule has 16 heavy (non-hydrogen) atoms. The minimum Gasteiger partial charge on any atom is -0.467 e. The molecule has 0 rings (SSSR count).